The molecule has 0 aromatic carbocycles. The van der Waals surface area contributed by atoms with Crippen molar-refractivity contribution in [2.24, 2.45) is 0 Å². The molecule has 4 heteroatoms. The Morgan fingerprint density at radius 1 is 1.56 bits per heavy atom. The molecule has 0 amide bonds. The van der Waals surface area contributed by atoms with Crippen molar-refractivity contribution in [2.75, 3.05) is 23.5 Å². The summed E-state index contributed by atoms with van der Waals surface area (Å²) in [5.74, 6) is 3.36. The van der Waals surface area contributed by atoms with Crippen LogP contribution < -0.4 is 4.90 Å². The monoisotopic (exact) mass is 302 g/mol. The van der Waals surface area contributed by atoms with Crippen molar-refractivity contribution in [1.29, 1.82) is 0 Å². The van der Waals surface area contributed by atoms with Crippen molar-refractivity contribution < 1.29 is 0 Å². The molecule has 0 spiro atoms. The summed E-state index contributed by atoms with van der Waals surface area (Å²) in [6, 6.07) is 2.63. The van der Waals surface area contributed by atoms with Gasteiger partial charge in [-0.25, -0.2) is 4.98 Å². The zero-order chi connectivity index (χ0) is 12.1. The highest BCUT2D eigenvalue weighted by molar-refractivity contribution is 9.10. The first kappa shape index (κ1) is 13.8. The van der Waals surface area contributed by atoms with Crippen molar-refractivity contribution in [1.82, 2.24) is 4.98 Å². The van der Waals surface area contributed by atoms with E-state index in [-0.39, 0.29) is 0 Å². The maximum atomic E-state index is 4.44. The van der Waals surface area contributed by atoms with Gasteiger partial charge in [0.15, 0.2) is 0 Å². The molecule has 0 aliphatic rings. The second kappa shape index (κ2) is 6.50. The van der Waals surface area contributed by atoms with Crippen LogP contribution >= 0.6 is 27.7 Å². The van der Waals surface area contributed by atoms with E-state index in [1.54, 1.807) is 0 Å². The molecule has 0 aliphatic carbocycles. The Balaban J connectivity index is 2.71. The van der Waals surface area contributed by atoms with Crippen LogP contribution in [-0.2, 0) is 0 Å². The molecule has 0 radical (unpaired) electrons. The molecule has 1 aromatic rings. The molecular weight excluding hydrogens is 284 g/mol. The van der Waals surface area contributed by atoms with Crippen molar-refractivity contribution in [3.63, 3.8) is 0 Å². The van der Waals surface area contributed by atoms with E-state index in [2.05, 4.69) is 59.7 Å². The Kier molecular flexibility index (Phi) is 5.62. The van der Waals surface area contributed by atoms with Gasteiger partial charge in [0, 0.05) is 29.5 Å². The zero-order valence-electron chi connectivity index (χ0n) is 10.3. The van der Waals surface area contributed by atoms with Crippen LogP contribution in [-0.4, -0.2) is 29.6 Å². The van der Waals surface area contributed by atoms with Crippen molar-refractivity contribution in [2.45, 2.75) is 26.8 Å². The SMILES string of the molecule is CCSCC(C)N(C)c1cc(C)c(Br)cn1. The molecule has 0 bridgehead atoms. The van der Waals surface area contributed by atoms with Crippen LogP contribution in [0, 0.1) is 6.92 Å². The largest absolute Gasteiger partial charge is 0.356 e. The number of halogens is 1. The number of aromatic nitrogens is 1. The van der Waals surface area contributed by atoms with Gasteiger partial charge in [-0.3, -0.25) is 0 Å². The van der Waals surface area contributed by atoms with Crippen molar-refractivity contribution in [3.05, 3.63) is 22.3 Å². The van der Waals surface area contributed by atoms with E-state index in [1.807, 2.05) is 18.0 Å². The predicted octanol–water partition coefficient (Wildman–Crippen LogP) is 3.73. The van der Waals surface area contributed by atoms with Crippen LogP contribution in [0.1, 0.15) is 19.4 Å². The fourth-order valence-corrected chi connectivity index (χ4v) is 2.36. The minimum atomic E-state index is 0.512. The predicted molar refractivity (Wildman–Crippen MR) is 77.5 cm³/mol. The fourth-order valence-electron chi connectivity index (χ4n) is 1.34. The smallest absolute Gasteiger partial charge is 0.128 e. The lowest BCUT2D eigenvalue weighted by atomic mass is 10.2. The molecule has 1 heterocycles. The van der Waals surface area contributed by atoms with Gasteiger partial charge in [-0.05, 0) is 47.2 Å². The van der Waals surface area contributed by atoms with Gasteiger partial charge in [0.25, 0.3) is 0 Å². The number of anilines is 1. The molecule has 1 aromatic heterocycles. The Bertz CT molecular complexity index is 344. The topological polar surface area (TPSA) is 16.1 Å². The van der Waals surface area contributed by atoms with E-state index in [1.165, 1.54) is 11.3 Å². The van der Waals surface area contributed by atoms with Crippen LogP contribution in [0.5, 0.6) is 0 Å². The Hall–Kier alpha value is -0.220. The summed E-state index contributed by atoms with van der Waals surface area (Å²) in [5.41, 5.74) is 1.23. The average Bonchev–Trinajstić information content (AvgIpc) is 2.28. The van der Waals surface area contributed by atoms with E-state index in [9.17, 15) is 0 Å². The summed E-state index contributed by atoms with van der Waals surface area (Å²) >= 11 is 5.44. The van der Waals surface area contributed by atoms with E-state index < -0.39 is 0 Å². The normalized spacial score (nSPS) is 12.6. The van der Waals surface area contributed by atoms with E-state index in [4.69, 9.17) is 0 Å². The summed E-state index contributed by atoms with van der Waals surface area (Å²) in [7, 11) is 2.11. The minimum absolute atomic E-state index is 0.512. The molecule has 1 unspecified atom stereocenters. The summed E-state index contributed by atoms with van der Waals surface area (Å²) in [5, 5.41) is 0. The molecule has 1 rings (SSSR count). The molecule has 0 saturated heterocycles. The number of aryl methyl sites for hydroxylation is 1. The number of thioether (sulfide) groups is 1. The quantitative estimate of drug-likeness (QED) is 0.824. The first-order valence-corrected chi connectivity index (χ1v) is 7.43. The van der Waals surface area contributed by atoms with Gasteiger partial charge in [-0.2, -0.15) is 11.8 Å². The van der Waals surface area contributed by atoms with Crippen LogP contribution in [0.2, 0.25) is 0 Å². The lowest BCUT2D eigenvalue weighted by Crippen LogP contribution is -2.31. The number of pyridine rings is 1. The summed E-state index contributed by atoms with van der Waals surface area (Å²) in [6.45, 7) is 6.52. The van der Waals surface area contributed by atoms with Crippen LogP contribution in [0.3, 0.4) is 0 Å². The number of nitrogens with zero attached hydrogens (tertiary/aromatic N) is 2. The summed E-state index contributed by atoms with van der Waals surface area (Å²) in [6.07, 6.45) is 1.88. The van der Waals surface area contributed by atoms with E-state index >= 15 is 0 Å². The zero-order valence-corrected chi connectivity index (χ0v) is 12.7. The molecule has 0 fully saturated rings. The fraction of sp³-hybridized carbons (Fsp3) is 0.583. The standard InChI is InChI=1S/C12H19BrN2S/c1-5-16-8-10(3)15(4)12-6-9(2)11(13)7-14-12/h6-7,10H,5,8H2,1-4H3. The van der Waals surface area contributed by atoms with Gasteiger partial charge in [0.1, 0.15) is 5.82 Å². The highest BCUT2D eigenvalue weighted by Crippen LogP contribution is 2.21. The second-order valence-electron chi connectivity index (χ2n) is 3.91. The van der Waals surface area contributed by atoms with Crippen LogP contribution in [0.4, 0.5) is 5.82 Å². The van der Waals surface area contributed by atoms with Crippen LogP contribution in [0.15, 0.2) is 16.7 Å². The molecule has 0 N–H and O–H groups in total. The van der Waals surface area contributed by atoms with Gasteiger partial charge >= 0.3 is 0 Å². The second-order valence-corrected chi connectivity index (χ2v) is 6.08. The Morgan fingerprint density at radius 3 is 2.81 bits per heavy atom. The molecule has 0 aliphatic heterocycles. The maximum Gasteiger partial charge on any atom is 0.128 e. The molecule has 2 nitrogen and oxygen atoms in total. The first-order valence-electron chi connectivity index (χ1n) is 5.49. The van der Waals surface area contributed by atoms with Gasteiger partial charge in [-0.1, -0.05) is 6.92 Å². The van der Waals surface area contributed by atoms with Crippen LogP contribution in [0.25, 0.3) is 0 Å². The first-order chi connectivity index (χ1) is 7.56. The van der Waals surface area contributed by atoms with Gasteiger partial charge in [0.2, 0.25) is 0 Å². The average molecular weight is 303 g/mol. The van der Waals surface area contributed by atoms with Gasteiger partial charge in [0.05, 0.1) is 0 Å². The third kappa shape index (κ3) is 3.67. The summed E-state index contributed by atoms with van der Waals surface area (Å²) in [4.78, 5) is 6.68. The molecule has 16 heavy (non-hydrogen) atoms. The van der Waals surface area contributed by atoms with Gasteiger partial charge in [-0.15, -0.1) is 0 Å². The third-order valence-corrected chi connectivity index (χ3v) is 4.57. The maximum absolute atomic E-state index is 4.44. The highest BCUT2D eigenvalue weighted by Gasteiger charge is 2.11. The minimum Gasteiger partial charge on any atom is -0.356 e. The van der Waals surface area contributed by atoms with E-state index in [0.717, 1.165) is 16.0 Å². The Morgan fingerprint density at radius 2 is 2.25 bits per heavy atom. The van der Waals surface area contributed by atoms with Crippen molar-refractivity contribution in [3.8, 4) is 0 Å². The lowest BCUT2D eigenvalue weighted by Gasteiger charge is -2.26. The molecule has 1 atom stereocenters. The summed E-state index contributed by atoms with van der Waals surface area (Å²) < 4.78 is 1.07. The highest BCUT2D eigenvalue weighted by atomic mass is 79.9. The number of hydrogen-bond donors (Lipinski definition) is 0. The molecular formula is C12H19BrN2S. The number of hydrogen-bond acceptors (Lipinski definition) is 3. The Labute approximate surface area is 111 Å². The van der Waals surface area contributed by atoms with Crippen molar-refractivity contribution >= 4 is 33.5 Å². The molecule has 90 valence electrons. The number of rotatable bonds is 5. The third-order valence-electron chi connectivity index (χ3n) is 2.62. The lowest BCUT2D eigenvalue weighted by molar-refractivity contribution is 0.752. The van der Waals surface area contributed by atoms with Gasteiger partial charge < -0.3 is 4.90 Å². The van der Waals surface area contributed by atoms with E-state index in [0.29, 0.717) is 6.04 Å². The molecule has 0 saturated carbocycles.